The van der Waals surface area contributed by atoms with Gasteiger partial charge in [-0.15, -0.1) is 0 Å². The number of nitrogens with one attached hydrogen (secondary N) is 1. The molecule has 0 fully saturated rings. The Bertz CT molecular complexity index is 576. The molecule has 0 spiro atoms. The van der Waals surface area contributed by atoms with Crippen molar-refractivity contribution in [1.29, 1.82) is 0 Å². The predicted octanol–water partition coefficient (Wildman–Crippen LogP) is 2.45. The highest BCUT2D eigenvalue weighted by Crippen LogP contribution is 2.11. The average molecular weight is 308 g/mol. The SMILES string of the molecule is C=C(Br)CNC(=O)CCn1cnc2ccccc21. The van der Waals surface area contributed by atoms with Crippen LogP contribution in [0.1, 0.15) is 6.42 Å². The summed E-state index contributed by atoms with van der Waals surface area (Å²) in [5.41, 5.74) is 2.00. The van der Waals surface area contributed by atoms with Gasteiger partial charge in [0.25, 0.3) is 0 Å². The van der Waals surface area contributed by atoms with Gasteiger partial charge in [-0.2, -0.15) is 0 Å². The molecule has 0 aliphatic heterocycles. The number of fused-ring (bicyclic) bond motifs is 1. The van der Waals surface area contributed by atoms with Crippen molar-refractivity contribution in [3.63, 3.8) is 0 Å². The van der Waals surface area contributed by atoms with Gasteiger partial charge < -0.3 is 9.88 Å². The Labute approximate surface area is 114 Å². The Kier molecular flexibility index (Phi) is 4.15. The zero-order valence-electron chi connectivity index (χ0n) is 9.90. The minimum Gasteiger partial charge on any atom is -0.351 e. The summed E-state index contributed by atoms with van der Waals surface area (Å²) in [7, 11) is 0. The lowest BCUT2D eigenvalue weighted by atomic mass is 10.3. The van der Waals surface area contributed by atoms with Crippen LogP contribution in [0.15, 0.2) is 41.7 Å². The van der Waals surface area contributed by atoms with Gasteiger partial charge in [-0.1, -0.05) is 34.6 Å². The van der Waals surface area contributed by atoms with Crippen molar-refractivity contribution >= 4 is 32.9 Å². The molecule has 0 saturated carbocycles. The number of para-hydroxylation sites is 2. The van der Waals surface area contributed by atoms with E-state index in [0.29, 0.717) is 19.5 Å². The molecule has 2 rings (SSSR count). The van der Waals surface area contributed by atoms with Crippen molar-refractivity contribution in [2.75, 3.05) is 6.54 Å². The maximum absolute atomic E-state index is 11.6. The predicted molar refractivity (Wildman–Crippen MR) is 75.4 cm³/mol. The summed E-state index contributed by atoms with van der Waals surface area (Å²) in [5, 5.41) is 2.77. The quantitative estimate of drug-likeness (QED) is 0.922. The Morgan fingerprint density at radius 3 is 3.00 bits per heavy atom. The summed E-state index contributed by atoms with van der Waals surface area (Å²) in [5.74, 6) is 0.00776. The van der Waals surface area contributed by atoms with Gasteiger partial charge in [-0.3, -0.25) is 4.79 Å². The number of imidazole rings is 1. The van der Waals surface area contributed by atoms with Crippen LogP contribution in [0.25, 0.3) is 11.0 Å². The van der Waals surface area contributed by atoms with Gasteiger partial charge in [-0.05, 0) is 12.1 Å². The second-order valence-electron chi connectivity index (χ2n) is 3.97. The van der Waals surface area contributed by atoms with E-state index in [2.05, 4.69) is 32.8 Å². The summed E-state index contributed by atoms with van der Waals surface area (Å²) in [6.45, 7) is 4.75. The first kappa shape index (κ1) is 12.8. The van der Waals surface area contributed by atoms with Crippen molar-refractivity contribution in [3.05, 3.63) is 41.7 Å². The molecule has 0 atom stereocenters. The number of carbonyl (C=O) groups is 1. The average Bonchev–Trinajstić information content (AvgIpc) is 2.77. The molecule has 0 bridgehead atoms. The fourth-order valence-electron chi connectivity index (χ4n) is 1.69. The molecule has 1 aromatic heterocycles. The number of halogens is 1. The van der Waals surface area contributed by atoms with E-state index in [4.69, 9.17) is 0 Å². The van der Waals surface area contributed by atoms with E-state index in [0.717, 1.165) is 15.5 Å². The highest BCUT2D eigenvalue weighted by atomic mass is 79.9. The number of hydrogen-bond donors (Lipinski definition) is 1. The molecular weight excluding hydrogens is 294 g/mol. The van der Waals surface area contributed by atoms with Crippen LogP contribution in [0.4, 0.5) is 0 Å². The largest absolute Gasteiger partial charge is 0.351 e. The van der Waals surface area contributed by atoms with Crippen molar-refractivity contribution in [3.8, 4) is 0 Å². The van der Waals surface area contributed by atoms with Crippen LogP contribution in [0, 0.1) is 0 Å². The first-order valence-corrected chi connectivity index (χ1v) is 6.46. The molecule has 1 aromatic carbocycles. The van der Waals surface area contributed by atoms with E-state index >= 15 is 0 Å². The van der Waals surface area contributed by atoms with Crippen molar-refractivity contribution in [2.45, 2.75) is 13.0 Å². The minimum atomic E-state index is 0.00776. The smallest absolute Gasteiger partial charge is 0.222 e. The molecule has 0 aliphatic carbocycles. The molecular formula is C13H14BrN3O. The lowest BCUT2D eigenvalue weighted by Gasteiger charge is -2.05. The number of amides is 1. The van der Waals surface area contributed by atoms with E-state index in [9.17, 15) is 4.79 Å². The fraction of sp³-hybridized carbons (Fsp3) is 0.231. The Balaban J connectivity index is 1.94. The Morgan fingerprint density at radius 1 is 1.44 bits per heavy atom. The van der Waals surface area contributed by atoms with E-state index in [-0.39, 0.29) is 5.91 Å². The van der Waals surface area contributed by atoms with Gasteiger partial charge in [0.2, 0.25) is 5.91 Å². The Hall–Kier alpha value is -1.62. The molecule has 0 unspecified atom stereocenters. The summed E-state index contributed by atoms with van der Waals surface area (Å²) in [6, 6.07) is 7.88. The number of rotatable bonds is 5. The van der Waals surface area contributed by atoms with Crippen LogP contribution in [0.5, 0.6) is 0 Å². The lowest BCUT2D eigenvalue weighted by Crippen LogP contribution is -2.25. The first-order chi connectivity index (χ1) is 8.66. The van der Waals surface area contributed by atoms with Crippen molar-refractivity contribution in [1.82, 2.24) is 14.9 Å². The number of carbonyl (C=O) groups excluding carboxylic acids is 1. The highest BCUT2D eigenvalue weighted by Gasteiger charge is 2.04. The van der Waals surface area contributed by atoms with Crippen LogP contribution in [-0.2, 0) is 11.3 Å². The Morgan fingerprint density at radius 2 is 2.22 bits per heavy atom. The van der Waals surface area contributed by atoms with Gasteiger partial charge in [0.05, 0.1) is 17.4 Å². The maximum atomic E-state index is 11.6. The normalized spacial score (nSPS) is 10.5. The molecule has 1 amide bonds. The maximum Gasteiger partial charge on any atom is 0.222 e. The van der Waals surface area contributed by atoms with E-state index in [1.54, 1.807) is 6.33 Å². The molecule has 18 heavy (non-hydrogen) atoms. The van der Waals surface area contributed by atoms with Crippen LogP contribution < -0.4 is 5.32 Å². The van der Waals surface area contributed by atoms with Crippen LogP contribution >= 0.6 is 15.9 Å². The van der Waals surface area contributed by atoms with Gasteiger partial charge in [0.15, 0.2) is 0 Å². The van der Waals surface area contributed by atoms with Gasteiger partial charge >= 0.3 is 0 Å². The molecule has 4 nitrogen and oxygen atoms in total. The van der Waals surface area contributed by atoms with Gasteiger partial charge in [-0.25, -0.2) is 4.98 Å². The fourth-order valence-corrected chi connectivity index (χ4v) is 1.83. The second kappa shape index (κ2) is 5.82. The van der Waals surface area contributed by atoms with Crippen LogP contribution in [0.3, 0.4) is 0 Å². The minimum absolute atomic E-state index is 0.00776. The summed E-state index contributed by atoms with van der Waals surface area (Å²) in [6.07, 6.45) is 2.20. The van der Waals surface area contributed by atoms with E-state index in [1.165, 1.54) is 0 Å². The molecule has 94 valence electrons. The third-order valence-electron chi connectivity index (χ3n) is 2.58. The molecule has 0 saturated heterocycles. The number of nitrogens with zero attached hydrogens (tertiary/aromatic N) is 2. The topological polar surface area (TPSA) is 46.9 Å². The number of benzene rings is 1. The van der Waals surface area contributed by atoms with Gasteiger partial charge in [0.1, 0.15) is 0 Å². The third-order valence-corrected chi connectivity index (χ3v) is 2.86. The zero-order valence-corrected chi connectivity index (χ0v) is 11.5. The molecule has 0 radical (unpaired) electrons. The number of aryl methyl sites for hydroxylation is 1. The monoisotopic (exact) mass is 307 g/mol. The third kappa shape index (κ3) is 3.20. The molecule has 1 N–H and O–H groups in total. The number of aromatic nitrogens is 2. The molecule has 0 aliphatic rings. The second-order valence-corrected chi connectivity index (χ2v) is 5.09. The van der Waals surface area contributed by atoms with Crippen molar-refractivity contribution in [2.24, 2.45) is 0 Å². The van der Waals surface area contributed by atoms with Crippen LogP contribution in [-0.4, -0.2) is 22.0 Å². The van der Waals surface area contributed by atoms with Crippen molar-refractivity contribution < 1.29 is 4.79 Å². The highest BCUT2D eigenvalue weighted by molar-refractivity contribution is 9.11. The summed E-state index contributed by atoms with van der Waals surface area (Å²) < 4.78 is 2.75. The van der Waals surface area contributed by atoms with Gasteiger partial charge in [0, 0.05) is 24.0 Å². The lowest BCUT2D eigenvalue weighted by molar-refractivity contribution is -0.121. The standard InChI is InChI=1S/C13H14BrN3O/c1-10(14)8-15-13(18)6-7-17-9-16-11-4-2-3-5-12(11)17/h2-5,9H,1,6-8H2,(H,15,18). The summed E-state index contributed by atoms with van der Waals surface area (Å²) >= 11 is 3.20. The summed E-state index contributed by atoms with van der Waals surface area (Å²) in [4.78, 5) is 15.9. The molecule has 1 heterocycles. The number of hydrogen-bond acceptors (Lipinski definition) is 2. The zero-order chi connectivity index (χ0) is 13.0. The van der Waals surface area contributed by atoms with E-state index in [1.807, 2.05) is 28.8 Å². The van der Waals surface area contributed by atoms with Crippen LogP contribution in [0.2, 0.25) is 0 Å². The first-order valence-electron chi connectivity index (χ1n) is 5.66. The van der Waals surface area contributed by atoms with E-state index < -0.39 is 0 Å². The molecule has 2 aromatic rings. The molecule has 5 heteroatoms.